The topological polar surface area (TPSA) is 29.1 Å². The van der Waals surface area contributed by atoms with Crippen LogP contribution in [0.5, 0.6) is 0 Å². The van der Waals surface area contributed by atoms with E-state index in [2.05, 4.69) is 28.2 Å². The third-order valence-corrected chi connectivity index (χ3v) is 3.09. The van der Waals surface area contributed by atoms with Crippen LogP contribution >= 0.6 is 15.9 Å². The first-order valence-corrected chi connectivity index (χ1v) is 7.18. The minimum atomic E-state index is 0.178. The van der Waals surface area contributed by atoms with Crippen molar-refractivity contribution in [3.05, 3.63) is 0 Å². The number of hydrogen-bond acceptors (Lipinski definition) is 1. The molecular formula is C12H24BrNO. The highest BCUT2D eigenvalue weighted by molar-refractivity contribution is 9.09. The average molecular weight is 278 g/mol. The molecule has 0 aliphatic rings. The van der Waals surface area contributed by atoms with Crippen molar-refractivity contribution in [1.29, 1.82) is 0 Å². The van der Waals surface area contributed by atoms with Gasteiger partial charge in [0.1, 0.15) is 0 Å². The Kier molecular flexibility index (Phi) is 10.4. The summed E-state index contributed by atoms with van der Waals surface area (Å²) in [4.78, 5) is 11.5. The van der Waals surface area contributed by atoms with Crippen LogP contribution in [0.4, 0.5) is 0 Å². The maximum Gasteiger partial charge on any atom is 0.222 e. The summed E-state index contributed by atoms with van der Waals surface area (Å²) in [7, 11) is 0. The number of unbranched alkanes of at least 4 members (excludes halogenated alkanes) is 3. The van der Waals surface area contributed by atoms with Crippen molar-refractivity contribution in [1.82, 2.24) is 5.32 Å². The summed E-state index contributed by atoms with van der Waals surface area (Å²) in [6.07, 6.45) is 6.90. The highest BCUT2D eigenvalue weighted by Gasteiger charge is 2.09. The largest absolute Gasteiger partial charge is 0.356 e. The molecule has 0 aromatic heterocycles. The monoisotopic (exact) mass is 277 g/mol. The summed E-state index contributed by atoms with van der Waals surface area (Å²) in [6, 6.07) is 0. The molecule has 2 nitrogen and oxygen atoms in total. The number of hydrogen-bond donors (Lipinski definition) is 1. The van der Waals surface area contributed by atoms with Gasteiger partial charge in [-0.3, -0.25) is 4.79 Å². The molecule has 0 heterocycles. The SMILES string of the molecule is CCCC(C)C(=O)NCCCCCCBr. The lowest BCUT2D eigenvalue weighted by molar-refractivity contribution is -0.124. The van der Waals surface area contributed by atoms with Gasteiger partial charge in [0.25, 0.3) is 0 Å². The van der Waals surface area contributed by atoms with Crippen LogP contribution in [0.25, 0.3) is 0 Å². The van der Waals surface area contributed by atoms with Gasteiger partial charge in [-0.25, -0.2) is 0 Å². The number of halogens is 1. The number of nitrogens with one attached hydrogen (secondary N) is 1. The highest BCUT2D eigenvalue weighted by atomic mass is 79.9. The number of carbonyl (C=O) groups excluding carboxylic acids is 1. The Morgan fingerprint density at radius 1 is 1.27 bits per heavy atom. The minimum Gasteiger partial charge on any atom is -0.356 e. The van der Waals surface area contributed by atoms with E-state index in [1.807, 2.05) is 6.92 Å². The van der Waals surface area contributed by atoms with Crippen molar-refractivity contribution in [3.8, 4) is 0 Å². The van der Waals surface area contributed by atoms with Crippen LogP contribution in [0.1, 0.15) is 52.4 Å². The summed E-state index contributed by atoms with van der Waals surface area (Å²) in [6.45, 7) is 4.96. The van der Waals surface area contributed by atoms with Gasteiger partial charge in [0.2, 0.25) is 5.91 Å². The molecule has 0 aromatic rings. The fourth-order valence-corrected chi connectivity index (χ4v) is 1.92. The molecule has 0 saturated carbocycles. The van der Waals surface area contributed by atoms with E-state index in [1.54, 1.807) is 0 Å². The molecule has 0 rings (SSSR count). The molecule has 1 amide bonds. The van der Waals surface area contributed by atoms with Crippen LogP contribution in [0.2, 0.25) is 0 Å². The second kappa shape index (κ2) is 10.5. The van der Waals surface area contributed by atoms with Crippen LogP contribution in [0.3, 0.4) is 0 Å². The second-order valence-electron chi connectivity index (χ2n) is 4.08. The van der Waals surface area contributed by atoms with Crippen molar-refractivity contribution in [2.45, 2.75) is 52.4 Å². The molecule has 1 unspecified atom stereocenters. The molecule has 0 bridgehead atoms. The normalized spacial score (nSPS) is 12.5. The Labute approximate surface area is 102 Å². The molecule has 1 N–H and O–H groups in total. The van der Waals surface area contributed by atoms with E-state index in [0.29, 0.717) is 0 Å². The van der Waals surface area contributed by atoms with Crippen molar-refractivity contribution in [2.75, 3.05) is 11.9 Å². The Morgan fingerprint density at radius 2 is 1.93 bits per heavy atom. The number of alkyl halides is 1. The minimum absolute atomic E-state index is 0.178. The van der Waals surface area contributed by atoms with Crippen LogP contribution in [-0.4, -0.2) is 17.8 Å². The lowest BCUT2D eigenvalue weighted by atomic mass is 10.1. The zero-order valence-corrected chi connectivity index (χ0v) is 11.6. The first-order chi connectivity index (χ1) is 7.22. The Hall–Kier alpha value is -0.0500. The number of amides is 1. The van der Waals surface area contributed by atoms with Gasteiger partial charge in [-0.1, -0.05) is 49.0 Å². The summed E-state index contributed by atoms with van der Waals surface area (Å²) in [5, 5.41) is 4.08. The van der Waals surface area contributed by atoms with Gasteiger partial charge < -0.3 is 5.32 Å². The summed E-state index contributed by atoms with van der Waals surface area (Å²) in [5.41, 5.74) is 0. The van der Waals surface area contributed by atoms with E-state index in [0.717, 1.165) is 31.1 Å². The Morgan fingerprint density at radius 3 is 2.53 bits per heavy atom. The van der Waals surface area contributed by atoms with Crippen LogP contribution in [0, 0.1) is 5.92 Å². The van der Waals surface area contributed by atoms with Gasteiger partial charge in [-0.2, -0.15) is 0 Å². The predicted molar refractivity (Wildman–Crippen MR) is 69.3 cm³/mol. The van der Waals surface area contributed by atoms with E-state index >= 15 is 0 Å². The number of rotatable bonds is 9. The molecule has 0 aromatic carbocycles. The van der Waals surface area contributed by atoms with Gasteiger partial charge in [-0.05, 0) is 19.3 Å². The Bertz CT molecular complexity index is 162. The lowest BCUT2D eigenvalue weighted by Gasteiger charge is -2.10. The van der Waals surface area contributed by atoms with E-state index in [1.165, 1.54) is 19.3 Å². The fraction of sp³-hybridized carbons (Fsp3) is 0.917. The van der Waals surface area contributed by atoms with Crippen molar-refractivity contribution >= 4 is 21.8 Å². The molecular weight excluding hydrogens is 254 g/mol. The van der Waals surface area contributed by atoms with E-state index in [-0.39, 0.29) is 11.8 Å². The fourth-order valence-electron chi connectivity index (χ4n) is 1.52. The maximum atomic E-state index is 11.5. The van der Waals surface area contributed by atoms with Crippen LogP contribution < -0.4 is 5.32 Å². The van der Waals surface area contributed by atoms with Crippen molar-refractivity contribution in [2.24, 2.45) is 5.92 Å². The molecule has 0 aliphatic heterocycles. The summed E-state index contributed by atoms with van der Waals surface area (Å²) in [5.74, 6) is 0.398. The number of carbonyl (C=O) groups is 1. The predicted octanol–water partition coefficient (Wildman–Crippen LogP) is 3.49. The van der Waals surface area contributed by atoms with Gasteiger partial charge in [0, 0.05) is 17.8 Å². The molecule has 15 heavy (non-hydrogen) atoms. The first-order valence-electron chi connectivity index (χ1n) is 6.06. The summed E-state index contributed by atoms with van der Waals surface area (Å²) < 4.78 is 0. The first kappa shape index (κ1) is 14.9. The van der Waals surface area contributed by atoms with Gasteiger partial charge in [0.15, 0.2) is 0 Å². The standard InChI is InChI=1S/C12H24BrNO/c1-3-8-11(2)12(15)14-10-7-5-4-6-9-13/h11H,3-10H2,1-2H3,(H,14,15). The van der Waals surface area contributed by atoms with E-state index in [4.69, 9.17) is 0 Å². The van der Waals surface area contributed by atoms with Gasteiger partial charge in [0.05, 0.1) is 0 Å². The van der Waals surface area contributed by atoms with Crippen LogP contribution in [0.15, 0.2) is 0 Å². The Balaban J connectivity index is 3.30. The summed E-state index contributed by atoms with van der Waals surface area (Å²) >= 11 is 3.41. The molecule has 0 radical (unpaired) electrons. The van der Waals surface area contributed by atoms with E-state index in [9.17, 15) is 4.79 Å². The third kappa shape index (κ3) is 8.91. The van der Waals surface area contributed by atoms with Crippen molar-refractivity contribution < 1.29 is 4.79 Å². The van der Waals surface area contributed by atoms with Gasteiger partial charge >= 0.3 is 0 Å². The maximum absolute atomic E-state index is 11.5. The van der Waals surface area contributed by atoms with Gasteiger partial charge in [-0.15, -0.1) is 0 Å². The third-order valence-electron chi connectivity index (χ3n) is 2.53. The average Bonchev–Trinajstić information content (AvgIpc) is 2.23. The highest BCUT2D eigenvalue weighted by Crippen LogP contribution is 2.05. The van der Waals surface area contributed by atoms with Crippen molar-refractivity contribution in [3.63, 3.8) is 0 Å². The molecule has 0 aliphatic carbocycles. The molecule has 90 valence electrons. The molecule has 0 spiro atoms. The molecule has 0 saturated heterocycles. The molecule has 0 fully saturated rings. The molecule has 3 heteroatoms. The quantitative estimate of drug-likeness (QED) is 0.507. The molecule has 1 atom stereocenters. The zero-order chi connectivity index (χ0) is 11.5. The zero-order valence-electron chi connectivity index (χ0n) is 10.0. The smallest absolute Gasteiger partial charge is 0.222 e. The second-order valence-corrected chi connectivity index (χ2v) is 4.88. The van der Waals surface area contributed by atoms with Crippen LogP contribution in [-0.2, 0) is 4.79 Å². The lowest BCUT2D eigenvalue weighted by Crippen LogP contribution is -2.29. The van der Waals surface area contributed by atoms with E-state index < -0.39 is 0 Å².